The van der Waals surface area contributed by atoms with Gasteiger partial charge in [0.2, 0.25) is 5.91 Å². The highest BCUT2D eigenvalue weighted by molar-refractivity contribution is 7.80. The van der Waals surface area contributed by atoms with Crippen LogP contribution >= 0.6 is 12.2 Å². The SMILES string of the molecule is CCC(C(=O)Nc1ccccc1OC)C(N)=S. The van der Waals surface area contributed by atoms with E-state index in [1.54, 1.807) is 19.2 Å². The van der Waals surface area contributed by atoms with E-state index in [1.807, 2.05) is 19.1 Å². The van der Waals surface area contributed by atoms with Crippen LogP contribution in [0.3, 0.4) is 0 Å². The predicted octanol–water partition coefficient (Wildman–Crippen LogP) is 1.95. The van der Waals surface area contributed by atoms with Gasteiger partial charge in [-0.3, -0.25) is 4.79 Å². The molecule has 0 heterocycles. The molecule has 1 amide bonds. The molecule has 3 N–H and O–H groups in total. The van der Waals surface area contributed by atoms with Crippen molar-refractivity contribution in [3.8, 4) is 5.75 Å². The third-order valence-corrected chi connectivity index (χ3v) is 2.72. The molecule has 0 fully saturated rings. The third kappa shape index (κ3) is 3.42. The highest BCUT2D eigenvalue weighted by Crippen LogP contribution is 2.23. The van der Waals surface area contributed by atoms with Gasteiger partial charge < -0.3 is 15.8 Å². The third-order valence-electron chi connectivity index (χ3n) is 2.43. The number of thiocarbonyl (C=S) groups is 1. The molecule has 1 rings (SSSR count). The van der Waals surface area contributed by atoms with Gasteiger partial charge in [-0.2, -0.15) is 0 Å². The number of hydrogen-bond donors (Lipinski definition) is 2. The first-order valence-electron chi connectivity index (χ1n) is 5.33. The fraction of sp³-hybridized carbons (Fsp3) is 0.333. The number of ether oxygens (including phenoxy) is 1. The lowest BCUT2D eigenvalue weighted by molar-refractivity contribution is -0.118. The van der Waals surface area contributed by atoms with Crippen LogP contribution < -0.4 is 15.8 Å². The van der Waals surface area contributed by atoms with Crippen molar-refractivity contribution in [1.82, 2.24) is 0 Å². The van der Waals surface area contributed by atoms with Crippen molar-refractivity contribution < 1.29 is 9.53 Å². The molecule has 0 saturated carbocycles. The van der Waals surface area contributed by atoms with E-state index in [0.29, 0.717) is 17.9 Å². The van der Waals surface area contributed by atoms with E-state index in [0.717, 1.165) is 0 Å². The van der Waals surface area contributed by atoms with Gasteiger partial charge in [0.1, 0.15) is 5.75 Å². The molecule has 0 spiro atoms. The molecule has 4 nitrogen and oxygen atoms in total. The van der Waals surface area contributed by atoms with Gasteiger partial charge in [-0.05, 0) is 18.6 Å². The summed E-state index contributed by atoms with van der Waals surface area (Å²) in [6.45, 7) is 1.87. The summed E-state index contributed by atoms with van der Waals surface area (Å²) in [5.41, 5.74) is 6.13. The summed E-state index contributed by atoms with van der Waals surface area (Å²) in [5, 5.41) is 2.76. The van der Waals surface area contributed by atoms with Gasteiger partial charge in [-0.25, -0.2) is 0 Å². The van der Waals surface area contributed by atoms with Gasteiger partial charge in [0.05, 0.1) is 23.7 Å². The average Bonchev–Trinajstić information content (AvgIpc) is 2.30. The molecular formula is C12H16N2O2S. The zero-order chi connectivity index (χ0) is 12.8. The summed E-state index contributed by atoms with van der Waals surface area (Å²) in [4.78, 5) is 12.1. The van der Waals surface area contributed by atoms with Gasteiger partial charge in [0, 0.05) is 0 Å². The Bertz CT molecular complexity index is 421. The summed E-state index contributed by atoms with van der Waals surface area (Å²) in [6.07, 6.45) is 0.580. The quantitative estimate of drug-likeness (QED) is 0.786. The monoisotopic (exact) mass is 252 g/mol. The largest absolute Gasteiger partial charge is 0.495 e. The van der Waals surface area contributed by atoms with Crippen LogP contribution in [0, 0.1) is 5.92 Å². The van der Waals surface area contributed by atoms with Gasteiger partial charge in [0.15, 0.2) is 0 Å². The first-order chi connectivity index (χ1) is 8.10. The number of anilines is 1. The van der Waals surface area contributed by atoms with Crippen molar-refractivity contribution in [3.63, 3.8) is 0 Å². The number of hydrogen-bond acceptors (Lipinski definition) is 3. The predicted molar refractivity (Wildman–Crippen MR) is 72.2 cm³/mol. The van der Waals surface area contributed by atoms with E-state index in [9.17, 15) is 4.79 Å². The summed E-state index contributed by atoms with van der Waals surface area (Å²) < 4.78 is 5.14. The number of nitrogens with two attached hydrogens (primary N) is 1. The summed E-state index contributed by atoms with van der Waals surface area (Å²) in [6, 6.07) is 7.19. The van der Waals surface area contributed by atoms with Crippen LogP contribution in [0.2, 0.25) is 0 Å². The molecule has 0 saturated heterocycles. The van der Waals surface area contributed by atoms with Crippen molar-refractivity contribution in [1.29, 1.82) is 0 Å². The number of carbonyl (C=O) groups excluding carboxylic acids is 1. The Hall–Kier alpha value is -1.62. The first kappa shape index (κ1) is 13.4. The molecule has 0 aromatic heterocycles. The molecule has 92 valence electrons. The molecule has 0 aliphatic rings. The maximum absolute atomic E-state index is 11.9. The van der Waals surface area contributed by atoms with E-state index in [4.69, 9.17) is 22.7 Å². The summed E-state index contributed by atoms with van der Waals surface area (Å²) in [5.74, 6) is -0.0435. The van der Waals surface area contributed by atoms with E-state index in [1.165, 1.54) is 0 Å². The van der Waals surface area contributed by atoms with Crippen molar-refractivity contribution in [3.05, 3.63) is 24.3 Å². The second kappa shape index (κ2) is 6.20. The lowest BCUT2D eigenvalue weighted by Crippen LogP contribution is -2.32. The Morgan fingerprint density at radius 2 is 2.18 bits per heavy atom. The van der Waals surface area contributed by atoms with E-state index in [-0.39, 0.29) is 10.9 Å². The smallest absolute Gasteiger partial charge is 0.234 e. The van der Waals surface area contributed by atoms with Crippen LogP contribution in [0.5, 0.6) is 5.75 Å². The lowest BCUT2D eigenvalue weighted by atomic mass is 10.1. The zero-order valence-corrected chi connectivity index (χ0v) is 10.7. The lowest BCUT2D eigenvalue weighted by Gasteiger charge is -2.15. The number of benzene rings is 1. The molecule has 17 heavy (non-hydrogen) atoms. The van der Waals surface area contributed by atoms with Crippen LogP contribution in [0.1, 0.15) is 13.3 Å². The van der Waals surface area contributed by atoms with E-state index in [2.05, 4.69) is 5.32 Å². The van der Waals surface area contributed by atoms with Crippen LogP contribution in [0.15, 0.2) is 24.3 Å². The summed E-state index contributed by atoms with van der Waals surface area (Å²) in [7, 11) is 1.55. The Labute approximate surface area is 106 Å². The molecular weight excluding hydrogens is 236 g/mol. The number of rotatable bonds is 5. The zero-order valence-electron chi connectivity index (χ0n) is 9.90. The van der Waals surface area contributed by atoms with Crippen molar-refractivity contribution >= 4 is 28.8 Å². The van der Waals surface area contributed by atoms with Gasteiger partial charge in [-0.15, -0.1) is 0 Å². The molecule has 1 atom stereocenters. The summed E-state index contributed by atoms with van der Waals surface area (Å²) >= 11 is 4.86. The Kier molecular flexibility index (Phi) is 4.90. The van der Waals surface area contributed by atoms with Crippen LogP contribution in [-0.2, 0) is 4.79 Å². The maximum atomic E-state index is 11.9. The Balaban J connectivity index is 2.83. The van der Waals surface area contributed by atoms with Crippen molar-refractivity contribution in [2.45, 2.75) is 13.3 Å². The Morgan fingerprint density at radius 1 is 1.53 bits per heavy atom. The fourth-order valence-electron chi connectivity index (χ4n) is 1.48. The minimum absolute atomic E-state index is 0.204. The average molecular weight is 252 g/mol. The normalized spacial score (nSPS) is 11.6. The number of amides is 1. The molecule has 1 aromatic rings. The minimum atomic E-state index is -0.449. The van der Waals surface area contributed by atoms with Crippen LogP contribution in [-0.4, -0.2) is 18.0 Å². The van der Waals surface area contributed by atoms with Gasteiger partial charge in [0.25, 0.3) is 0 Å². The molecule has 0 aliphatic carbocycles. The first-order valence-corrected chi connectivity index (χ1v) is 5.74. The molecule has 1 aromatic carbocycles. The van der Waals surface area contributed by atoms with Gasteiger partial charge in [-0.1, -0.05) is 31.3 Å². The maximum Gasteiger partial charge on any atom is 0.234 e. The van der Waals surface area contributed by atoms with Crippen LogP contribution in [0.4, 0.5) is 5.69 Å². The van der Waals surface area contributed by atoms with E-state index < -0.39 is 5.92 Å². The molecule has 5 heteroatoms. The Morgan fingerprint density at radius 3 is 2.71 bits per heavy atom. The van der Waals surface area contributed by atoms with Gasteiger partial charge >= 0.3 is 0 Å². The fourth-order valence-corrected chi connectivity index (χ4v) is 1.76. The highest BCUT2D eigenvalue weighted by atomic mass is 32.1. The number of carbonyl (C=O) groups is 1. The van der Waals surface area contributed by atoms with E-state index >= 15 is 0 Å². The molecule has 1 unspecified atom stereocenters. The number of para-hydroxylation sites is 2. The second-order valence-corrected chi connectivity index (χ2v) is 4.02. The molecule has 0 radical (unpaired) electrons. The highest BCUT2D eigenvalue weighted by Gasteiger charge is 2.20. The molecule has 0 aliphatic heterocycles. The number of methoxy groups -OCH3 is 1. The van der Waals surface area contributed by atoms with Crippen molar-refractivity contribution in [2.75, 3.05) is 12.4 Å². The topological polar surface area (TPSA) is 64.3 Å². The molecule has 0 bridgehead atoms. The van der Waals surface area contributed by atoms with Crippen LogP contribution in [0.25, 0.3) is 0 Å². The number of nitrogens with one attached hydrogen (secondary N) is 1. The standard InChI is InChI=1S/C12H16N2O2S/c1-3-8(11(13)17)12(15)14-9-6-4-5-7-10(9)16-2/h4-8H,3H2,1-2H3,(H2,13,17)(H,14,15). The second-order valence-electron chi connectivity index (χ2n) is 3.55. The van der Waals surface area contributed by atoms with Crippen molar-refractivity contribution in [2.24, 2.45) is 11.7 Å². The minimum Gasteiger partial charge on any atom is -0.495 e.